The van der Waals surface area contributed by atoms with Crippen LogP contribution in [0, 0.1) is 0 Å². The van der Waals surface area contributed by atoms with Gasteiger partial charge in [0, 0.05) is 5.56 Å². The molecule has 158 valence electrons. The van der Waals surface area contributed by atoms with E-state index in [1.165, 1.54) is 30.5 Å². The van der Waals surface area contributed by atoms with Crippen molar-refractivity contribution in [2.45, 2.75) is 12.7 Å². The Morgan fingerprint density at radius 2 is 1.84 bits per heavy atom. The summed E-state index contributed by atoms with van der Waals surface area (Å²) in [5, 5.41) is 2.06. The molecule has 31 heavy (non-hydrogen) atoms. The lowest BCUT2D eigenvalue weighted by atomic mass is 10.1. The number of imide groups is 2. The first-order valence-electron chi connectivity index (χ1n) is 8.91. The van der Waals surface area contributed by atoms with Crippen LogP contribution in [0.5, 0.6) is 0 Å². The largest absolute Gasteiger partial charge is 0.467 e. The lowest BCUT2D eigenvalue weighted by Gasteiger charge is -2.25. The van der Waals surface area contributed by atoms with Crippen LogP contribution in [-0.2, 0) is 22.3 Å². The van der Waals surface area contributed by atoms with Gasteiger partial charge in [-0.15, -0.1) is 0 Å². The van der Waals surface area contributed by atoms with E-state index in [1.807, 2.05) is 0 Å². The van der Waals surface area contributed by atoms with Crippen molar-refractivity contribution in [3.63, 3.8) is 0 Å². The Hall–Kier alpha value is -4.08. The van der Waals surface area contributed by atoms with E-state index in [1.54, 1.807) is 12.1 Å². The van der Waals surface area contributed by atoms with E-state index in [2.05, 4.69) is 5.32 Å². The lowest BCUT2D eigenvalue weighted by Crippen LogP contribution is -2.53. The second-order valence-corrected chi connectivity index (χ2v) is 6.57. The average molecular weight is 430 g/mol. The minimum atomic E-state index is -4.51. The second kappa shape index (κ2) is 7.63. The Bertz CT molecular complexity index is 1190. The van der Waals surface area contributed by atoms with Crippen molar-refractivity contribution < 1.29 is 36.4 Å². The van der Waals surface area contributed by atoms with Gasteiger partial charge in [0.25, 0.3) is 11.8 Å². The maximum absolute atomic E-state index is 12.9. The van der Waals surface area contributed by atoms with Crippen molar-refractivity contribution in [1.82, 2.24) is 10.2 Å². The highest BCUT2D eigenvalue weighted by Crippen LogP contribution is 2.33. The summed E-state index contributed by atoms with van der Waals surface area (Å²) in [6, 6.07) is 9.61. The van der Waals surface area contributed by atoms with E-state index in [0.717, 1.165) is 23.1 Å². The summed E-state index contributed by atoms with van der Waals surface area (Å²) in [5.74, 6) is -1.27. The number of halogens is 3. The topological polar surface area (TPSA) is 92.8 Å². The summed E-state index contributed by atoms with van der Waals surface area (Å²) >= 11 is 0. The van der Waals surface area contributed by atoms with Crippen molar-refractivity contribution in [1.29, 1.82) is 0 Å². The third kappa shape index (κ3) is 4.13. The third-order valence-electron chi connectivity index (χ3n) is 4.47. The Kier molecular flexibility index (Phi) is 4.97. The molecule has 4 rings (SSSR count). The number of benzene rings is 1. The van der Waals surface area contributed by atoms with Gasteiger partial charge in [-0.1, -0.05) is 12.1 Å². The molecular weight excluding hydrogens is 417 g/mol. The standard InChI is InChI=1S/C21H13F3N2O5/c22-21(23,24)13-4-1-3-12(9-13)17-7-6-14(31-17)10-16-18(27)25-20(29)26(19(16)28)11-15-5-2-8-30-15/h1-10H,11H2,(H,25,27,29). The maximum atomic E-state index is 12.9. The number of urea groups is 1. The molecule has 1 fully saturated rings. The number of hydrogen-bond acceptors (Lipinski definition) is 5. The molecule has 1 saturated heterocycles. The zero-order valence-corrected chi connectivity index (χ0v) is 15.6. The molecule has 10 heteroatoms. The molecule has 0 atom stereocenters. The van der Waals surface area contributed by atoms with Crippen LogP contribution in [0.4, 0.5) is 18.0 Å². The number of nitrogens with one attached hydrogen (secondary N) is 1. The first-order valence-corrected chi connectivity index (χ1v) is 8.91. The van der Waals surface area contributed by atoms with Gasteiger partial charge in [-0.05, 0) is 42.5 Å². The van der Waals surface area contributed by atoms with E-state index in [0.29, 0.717) is 5.76 Å². The van der Waals surface area contributed by atoms with E-state index < -0.39 is 29.6 Å². The average Bonchev–Trinajstić information content (AvgIpc) is 3.40. The predicted octanol–water partition coefficient (Wildman–Crippen LogP) is 4.22. The first kappa shape index (κ1) is 20.2. The monoisotopic (exact) mass is 430 g/mol. The summed E-state index contributed by atoms with van der Waals surface area (Å²) in [6.07, 6.45) is -2.01. The highest BCUT2D eigenvalue weighted by Gasteiger charge is 2.36. The predicted molar refractivity (Wildman–Crippen MR) is 99.9 cm³/mol. The molecule has 0 saturated carbocycles. The smallest absolute Gasteiger partial charge is 0.416 e. The molecule has 7 nitrogen and oxygen atoms in total. The fraction of sp³-hybridized carbons (Fsp3) is 0.0952. The molecule has 3 aromatic rings. The summed E-state index contributed by atoms with van der Waals surface area (Å²) in [4.78, 5) is 37.7. The molecule has 0 radical (unpaired) electrons. The van der Waals surface area contributed by atoms with E-state index >= 15 is 0 Å². The normalized spacial score (nSPS) is 16.2. The fourth-order valence-corrected chi connectivity index (χ4v) is 2.97. The number of furan rings is 2. The van der Waals surface area contributed by atoms with Gasteiger partial charge in [-0.2, -0.15) is 13.2 Å². The van der Waals surface area contributed by atoms with Gasteiger partial charge >= 0.3 is 12.2 Å². The van der Waals surface area contributed by atoms with Crippen LogP contribution in [0.2, 0.25) is 0 Å². The molecule has 0 unspecified atom stereocenters. The number of barbiturate groups is 1. The number of carbonyl (C=O) groups excluding carboxylic acids is 3. The van der Waals surface area contributed by atoms with Crippen molar-refractivity contribution in [2.75, 3.05) is 0 Å². The lowest BCUT2D eigenvalue weighted by molar-refractivity contribution is -0.137. The van der Waals surface area contributed by atoms with Crippen LogP contribution in [0.1, 0.15) is 17.1 Å². The Balaban J connectivity index is 1.61. The van der Waals surface area contributed by atoms with Crippen LogP contribution < -0.4 is 5.32 Å². The van der Waals surface area contributed by atoms with Crippen molar-refractivity contribution in [3.8, 4) is 11.3 Å². The van der Waals surface area contributed by atoms with Gasteiger partial charge in [0.05, 0.1) is 18.4 Å². The van der Waals surface area contributed by atoms with Crippen LogP contribution in [0.25, 0.3) is 17.4 Å². The van der Waals surface area contributed by atoms with E-state index in [-0.39, 0.29) is 29.2 Å². The molecule has 0 spiro atoms. The molecule has 3 heterocycles. The van der Waals surface area contributed by atoms with E-state index in [9.17, 15) is 27.6 Å². The maximum Gasteiger partial charge on any atom is 0.416 e. The molecular formula is C21H13F3N2O5. The summed E-state index contributed by atoms with van der Waals surface area (Å²) in [5.41, 5.74) is -1.03. The molecule has 1 aliphatic rings. The Labute approximate surface area is 172 Å². The zero-order valence-electron chi connectivity index (χ0n) is 15.6. The molecule has 1 aromatic carbocycles. The van der Waals surface area contributed by atoms with Crippen molar-refractivity contribution in [2.24, 2.45) is 0 Å². The number of alkyl halides is 3. The SMILES string of the molecule is O=C1NC(=O)N(Cc2ccco2)C(=O)C1=Cc1ccc(-c2cccc(C(F)(F)F)c2)o1. The number of rotatable bonds is 4. The highest BCUT2D eigenvalue weighted by atomic mass is 19.4. The summed E-state index contributed by atoms with van der Waals surface area (Å²) in [6.45, 7) is -0.185. The van der Waals surface area contributed by atoms with Crippen molar-refractivity contribution >= 4 is 23.9 Å². The molecule has 1 N–H and O–H groups in total. The van der Waals surface area contributed by atoms with Gasteiger partial charge in [0.15, 0.2) is 0 Å². The summed E-state index contributed by atoms with van der Waals surface area (Å²) in [7, 11) is 0. The van der Waals surface area contributed by atoms with Crippen molar-refractivity contribution in [3.05, 3.63) is 77.5 Å². The number of hydrogen-bond donors (Lipinski definition) is 1. The molecule has 0 bridgehead atoms. The van der Waals surface area contributed by atoms with Gasteiger partial charge in [-0.25, -0.2) is 4.79 Å². The first-order chi connectivity index (χ1) is 14.7. The van der Waals surface area contributed by atoms with Gasteiger partial charge < -0.3 is 8.83 Å². The molecule has 2 aromatic heterocycles. The quantitative estimate of drug-likeness (QED) is 0.494. The fourth-order valence-electron chi connectivity index (χ4n) is 2.97. The number of nitrogens with zero attached hydrogens (tertiary/aromatic N) is 1. The number of amides is 4. The van der Waals surface area contributed by atoms with Gasteiger partial charge in [0.2, 0.25) is 0 Å². The van der Waals surface area contributed by atoms with E-state index in [4.69, 9.17) is 8.83 Å². The van der Waals surface area contributed by atoms with Crippen LogP contribution in [-0.4, -0.2) is 22.7 Å². The minimum Gasteiger partial charge on any atom is -0.467 e. The van der Waals surface area contributed by atoms with Crippen LogP contribution >= 0.6 is 0 Å². The van der Waals surface area contributed by atoms with Crippen LogP contribution in [0.15, 0.2) is 69.2 Å². The Morgan fingerprint density at radius 1 is 1.03 bits per heavy atom. The summed E-state index contributed by atoms with van der Waals surface area (Å²) < 4.78 is 49.4. The highest BCUT2D eigenvalue weighted by molar-refractivity contribution is 6.30. The second-order valence-electron chi connectivity index (χ2n) is 6.57. The minimum absolute atomic E-state index is 0.0539. The number of carbonyl (C=O) groups is 3. The molecule has 4 amide bonds. The van der Waals surface area contributed by atoms with Gasteiger partial charge in [0.1, 0.15) is 22.9 Å². The molecule has 1 aliphatic heterocycles. The van der Waals surface area contributed by atoms with Gasteiger partial charge in [-0.3, -0.25) is 19.8 Å². The molecule has 0 aliphatic carbocycles. The Morgan fingerprint density at radius 3 is 2.55 bits per heavy atom. The zero-order chi connectivity index (χ0) is 22.2. The third-order valence-corrected chi connectivity index (χ3v) is 4.47. The van der Waals surface area contributed by atoms with Crippen LogP contribution in [0.3, 0.4) is 0 Å².